The van der Waals surface area contributed by atoms with Gasteiger partial charge in [-0.3, -0.25) is 0 Å². The summed E-state index contributed by atoms with van der Waals surface area (Å²) in [6.07, 6.45) is 10.7. The van der Waals surface area contributed by atoms with E-state index in [1.165, 1.54) is 51.4 Å². The van der Waals surface area contributed by atoms with E-state index in [4.69, 9.17) is 25.3 Å². The molecule has 0 rings (SSSR count). The number of hydrogen-bond acceptors (Lipinski definition) is 2. The van der Waals surface area contributed by atoms with Gasteiger partial charge >= 0.3 is 59.1 Å². The van der Waals surface area contributed by atoms with Gasteiger partial charge in [-0.25, -0.2) is 0 Å². The van der Waals surface area contributed by atoms with E-state index in [0.29, 0.717) is 0 Å². The van der Waals surface area contributed by atoms with Crippen molar-refractivity contribution < 1.29 is 59.1 Å². The summed E-state index contributed by atoms with van der Waals surface area (Å²) in [5.41, 5.74) is 0. The third-order valence-corrected chi connectivity index (χ3v) is 2.62. The van der Waals surface area contributed by atoms with E-state index < -0.39 is 0 Å². The minimum atomic E-state index is 0. The molecule has 4 heteroatoms. The van der Waals surface area contributed by atoms with Crippen LogP contribution in [0.4, 0.5) is 0 Å². The molecule has 0 fully saturated rings. The van der Waals surface area contributed by atoms with Crippen LogP contribution in [0.3, 0.4) is 0 Å². The van der Waals surface area contributed by atoms with Gasteiger partial charge in [0.1, 0.15) is 0 Å². The van der Waals surface area contributed by atoms with Gasteiger partial charge in [0, 0.05) is 0 Å². The average Bonchev–Trinajstić information content (AvgIpc) is 2.10. The van der Waals surface area contributed by atoms with E-state index in [0.717, 1.165) is 11.5 Å². The van der Waals surface area contributed by atoms with Crippen LogP contribution in [0, 0.1) is 0 Å². The van der Waals surface area contributed by atoms with Crippen molar-refractivity contribution in [2.45, 2.75) is 51.4 Å². The Morgan fingerprint density at radius 1 is 0.429 bits per heavy atom. The second kappa shape index (κ2) is 21.0. The summed E-state index contributed by atoms with van der Waals surface area (Å²) < 4.78 is 0. The van der Waals surface area contributed by atoms with E-state index >= 15 is 0 Å². The minimum Gasteiger partial charge on any atom is -0.793 e. The molecular weight excluding hydrogens is 230 g/mol. The van der Waals surface area contributed by atoms with E-state index in [9.17, 15) is 0 Å². The van der Waals surface area contributed by atoms with Crippen molar-refractivity contribution in [3.8, 4) is 0 Å². The molecule has 0 saturated heterocycles. The molecule has 0 radical (unpaired) electrons. The molecule has 0 aromatic carbocycles. The van der Waals surface area contributed by atoms with Gasteiger partial charge in [0.15, 0.2) is 0 Å². The fraction of sp³-hybridized carbons (Fsp3) is 1.00. The third kappa shape index (κ3) is 20.2. The third-order valence-electron chi connectivity index (χ3n) is 2.04. The van der Waals surface area contributed by atoms with Gasteiger partial charge in [-0.05, 0) is 0 Å². The van der Waals surface area contributed by atoms with Crippen LogP contribution in [0.25, 0.3) is 0 Å². The molecule has 0 aromatic rings. The van der Waals surface area contributed by atoms with Crippen molar-refractivity contribution >= 4 is 25.3 Å². The standard InChI is InChI=1S/C10H22S2.2Na/c11-9-7-5-3-1-2-4-6-8-10-12;;/h11-12H,1-10H2;;/q;2*+1/p-2. The molecule has 0 spiro atoms. The maximum atomic E-state index is 4.88. The monoisotopic (exact) mass is 250 g/mol. The van der Waals surface area contributed by atoms with Gasteiger partial charge in [0.25, 0.3) is 0 Å². The molecule has 14 heavy (non-hydrogen) atoms. The molecule has 0 aromatic heterocycles. The molecule has 0 N–H and O–H groups in total. The van der Waals surface area contributed by atoms with E-state index in [1.807, 2.05) is 0 Å². The van der Waals surface area contributed by atoms with Crippen molar-refractivity contribution in [2.75, 3.05) is 11.5 Å². The van der Waals surface area contributed by atoms with Crippen molar-refractivity contribution in [3.05, 3.63) is 0 Å². The van der Waals surface area contributed by atoms with Gasteiger partial charge in [-0.1, -0.05) is 51.4 Å². The maximum Gasteiger partial charge on any atom is 1.00 e. The van der Waals surface area contributed by atoms with Crippen LogP contribution >= 0.6 is 0 Å². The zero-order valence-electron chi connectivity index (χ0n) is 9.89. The zero-order chi connectivity index (χ0) is 9.07. The quantitative estimate of drug-likeness (QED) is 0.246. The Labute approximate surface area is 145 Å². The first-order valence-electron chi connectivity index (χ1n) is 5.08. The summed E-state index contributed by atoms with van der Waals surface area (Å²) in [6, 6.07) is 0. The molecule has 0 unspecified atom stereocenters. The Balaban J connectivity index is -0.000000605. The normalized spacial score (nSPS) is 9.00. The Kier molecular flexibility index (Phi) is 33.0. The zero-order valence-corrected chi connectivity index (χ0v) is 15.5. The Bertz CT molecular complexity index is 72.5. The molecule has 0 aliphatic carbocycles. The number of hydrogen-bond donors (Lipinski definition) is 0. The first-order valence-corrected chi connectivity index (χ1v) is 6.23. The molecule has 0 heterocycles. The fourth-order valence-electron chi connectivity index (χ4n) is 1.26. The summed E-state index contributed by atoms with van der Waals surface area (Å²) >= 11 is 9.75. The smallest absolute Gasteiger partial charge is 0.793 e. The molecule has 0 aliphatic heterocycles. The predicted octanol–water partition coefficient (Wildman–Crippen LogP) is -2.79. The van der Waals surface area contributed by atoms with Gasteiger partial charge in [0.2, 0.25) is 0 Å². The second-order valence-corrected chi connectivity index (χ2v) is 4.05. The van der Waals surface area contributed by atoms with Crippen LogP contribution in [0.2, 0.25) is 0 Å². The molecule has 0 nitrogen and oxygen atoms in total. The SMILES string of the molecule is [Na+].[Na+].[S-]CCCCCCCCCC[S-]. The van der Waals surface area contributed by atoms with Crippen molar-refractivity contribution in [2.24, 2.45) is 0 Å². The Hall–Kier alpha value is 2.70. The van der Waals surface area contributed by atoms with Crippen LogP contribution in [0.15, 0.2) is 0 Å². The fourth-order valence-corrected chi connectivity index (χ4v) is 1.67. The molecular formula is C10H20Na2S2. The molecule has 0 bridgehead atoms. The van der Waals surface area contributed by atoms with E-state index in [-0.39, 0.29) is 59.1 Å². The topological polar surface area (TPSA) is 0 Å². The molecule has 0 atom stereocenters. The first kappa shape index (κ1) is 21.9. The van der Waals surface area contributed by atoms with Crippen LogP contribution in [0.5, 0.6) is 0 Å². The van der Waals surface area contributed by atoms with Crippen LogP contribution in [0.1, 0.15) is 51.4 Å². The predicted molar refractivity (Wildman–Crippen MR) is 61.4 cm³/mol. The maximum absolute atomic E-state index is 4.88. The number of unbranched alkanes of at least 4 members (excludes halogenated alkanes) is 7. The number of rotatable bonds is 9. The van der Waals surface area contributed by atoms with Crippen LogP contribution in [-0.2, 0) is 25.3 Å². The summed E-state index contributed by atoms with van der Waals surface area (Å²) in [5.74, 6) is 1.88. The largest absolute Gasteiger partial charge is 1.00 e. The molecule has 74 valence electrons. The molecule has 0 amide bonds. The average molecular weight is 250 g/mol. The summed E-state index contributed by atoms with van der Waals surface area (Å²) in [5, 5.41) is 0. The summed E-state index contributed by atoms with van der Waals surface area (Å²) in [6.45, 7) is 0. The Morgan fingerprint density at radius 3 is 0.857 bits per heavy atom. The van der Waals surface area contributed by atoms with Crippen LogP contribution < -0.4 is 59.1 Å². The summed E-state index contributed by atoms with van der Waals surface area (Å²) in [7, 11) is 0. The van der Waals surface area contributed by atoms with Crippen molar-refractivity contribution in [1.82, 2.24) is 0 Å². The van der Waals surface area contributed by atoms with Crippen molar-refractivity contribution in [1.29, 1.82) is 0 Å². The Morgan fingerprint density at radius 2 is 0.643 bits per heavy atom. The van der Waals surface area contributed by atoms with Gasteiger partial charge < -0.3 is 25.3 Å². The van der Waals surface area contributed by atoms with Gasteiger partial charge in [0.05, 0.1) is 0 Å². The minimum absolute atomic E-state index is 0. The molecule has 0 saturated carbocycles. The summed E-state index contributed by atoms with van der Waals surface area (Å²) in [4.78, 5) is 0. The van der Waals surface area contributed by atoms with Gasteiger partial charge in [-0.15, -0.1) is 0 Å². The van der Waals surface area contributed by atoms with Crippen LogP contribution in [-0.4, -0.2) is 11.5 Å². The van der Waals surface area contributed by atoms with E-state index in [2.05, 4.69) is 0 Å². The van der Waals surface area contributed by atoms with Gasteiger partial charge in [-0.2, -0.15) is 11.5 Å². The molecule has 0 aliphatic rings. The first-order chi connectivity index (χ1) is 5.91. The van der Waals surface area contributed by atoms with E-state index in [1.54, 1.807) is 0 Å². The van der Waals surface area contributed by atoms with Crippen molar-refractivity contribution in [3.63, 3.8) is 0 Å². The second-order valence-electron chi connectivity index (χ2n) is 3.24.